The third-order valence-electron chi connectivity index (χ3n) is 4.86. The van der Waals surface area contributed by atoms with Gasteiger partial charge < -0.3 is 15.6 Å². The van der Waals surface area contributed by atoms with Crippen molar-refractivity contribution in [2.75, 3.05) is 12.3 Å². The molecule has 0 bridgehead atoms. The van der Waals surface area contributed by atoms with Crippen molar-refractivity contribution >= 4 is 32.6 Å². The molecule has 0 fully saturated rings. The lowest BCUT2D eigenvalue weighted by Crippen LogP contribution is -2.40. The molecule has 0 saturated heterocycles. The molecule has 134 valence electrons. The number of carbonyl (C=O) groups excluding carboxylic acids is 1. The maximum atomic E-state index is 13.4. The Morgan fingerprint density at radius 3 is 2.96 bits per heavy atom. The van der Waals surface area contributed by atoms with Gasteiger partial charge in [0.05, 0.1) is 22.2 Å². The normalized spacial score (nSPS) is 16.4. The average molecular weight is 376 g/mol. The molecular weight excluding hydrogens is 360 g/mol. The Bertz CT molecular complexity index is 1140. The molecule has 1 unspecified atom stereocenters. The topological polar surface area (TPSA) is 101 Å². The molecule has 1 aliphatic heterocycles. The maximum Gasteiger partial charge on any atom is 0.254 e. The van der Waals surface area contributed by atoms with E-state index < -0.39 is 0 Å². The number of nitrogen functional groups attached to an aromatic ring is 1. The van der Waals surface area contributed by atoms with E-state index >= 15 is 0 Å². The lowest BCUT2D eigenvalue weighted by molar-refractivity contribution is 0.0690. The molecule has 0 radical (unpaired) electrons. The van der Waals surface area contributed by atoms with E-state index in [-0.39, 0.29) is 11.9 Å². The second-order valence-corrected chi connectivity index (χ2v) is 7.49. The number of aromatic nitrogens is 4. The first-order valence-electron chi connectivity index (χ1n) is 8.60. The molecule has 1 amide bonds. The number of H-pyrrole nitrogens is 1. The Morgan fingerprint density at radius 1 is 1.26 bits per heavy atom. The zero-order chi connectivity index (χ0) is 18.4. The van der Waals surface area contributed by atoms with Crippen LogP contribution < -0.4 is 5.73 Å². The predicted molar refractivity (Wildman–Crippen MR) is 103 cm³/mol. The van der Waals surface area contributed by atoms with Gasteiger partial charge in [0.15, 0.2) is 5.13 Å². The van der Waals surface area contributed by atoms with E-state index in [0.29, 0.717) is 17.2 Å². The van der Waals surface area contributed by atoms with Crippen molar-refractivity contribution < 1.29 is 4.79 Å². The summed E-state index contributed by atoms with van der Waals surface area (Å²) >= 11 is 1.42. The van der Waals surface area contributed by atoms with Crippen molar-refractivity contribution in [2.24, 2.45) is 0 Å². The van der Waals surface area contributed by atoms with Crippen LogP contribution in [0.1, 0.15) is 33.4 Å². The molecule has 8 heteroatoms. The number of aromatic amines is 1. The summed E-state index contributed by atoms with van der Waals surface area (Å²) in [6.45, 7) is 0.609. The van der Waals surface area contributed by atoms with Gasteiger partial charge in [-0.15, -0.1) is 0 Å². The van der Waals surface area contributed by atoms with E-state index in [1.165, 1.54) is 11.3 Å². The van der Waals surface area contributed by atoms with Gasteiger partial charge in [0.25, 0.3) is 5.91 Å². The zero-order valence-corrected chi connectivity index (χ0v) is 15.1. The quantitative estimate of drug-likeness (QED) is 0.560. The van der Waals surface area contributed by atoms with Crippen molar-refractivity contribution in [1.82, 2.24) is 24.8 Å². The molecule has 0 spiro atoms. The number of hydrogen-bond acceptors (Lipinski definition) is 6. The summed E-state index contributed by atoms with van der Waals surface area (Å²) in [7, 11) is 0. The van der Waals surface area contributed by atoms with Crippen LogP contribution in [0.2, 0.25) is 0 Å². The van der Waals surface area contributed by atoms with Crippen LogP contribution in [0.5, 0.6) is 0 Å². The first-order chi connectivity index (χ1) is 13.2. The molecule has 5 rings (SSSR count). The van der Waals surface area contributed by atoms with Gasteiger partial charge in [-0.25, -0.2) is 9.97 Å². The lowest BCUT2D eigenvalue weighted by atomic mass is 9.95. The number of thiazole rings is 1. The number of benzene rings is 1. The second-order valence-electron chi connectivity index (χ2n) is 6.43. The van der Waals surface area contributed by atoms with E-state index in [1.54, 1.807) is 18.7 Å². The summed E-state index contributed by atoms with van der Waals surface area (Å²) in [5.41, 5.74) is 10.1. The number of pyridine rings is 1. The third kappa shape index (κ3) is 2.65. The van der Waals surface area contributed by atoms with Crippen LogP contribution in [0.15, 0.2) is 49.1 Å². The second kappa shape index (κ2) is 6.17. The monoisotopic (exact) mass is 376 g/mol. The number of nitrogens with two attached hydrogens (primary N) is 1. The molecule has 7 nitrogen and oxygen atoms in total. The number of nitrogens with one attached hydrogen (secondary N) is 1. The summed E-state index contributed by atoms with van der Waals surface area (Å²) in [6, 6.07) is 9.17. The maximum absolute atomic E-state index is 13.4. The number of imidazole rings is 1. The lowest BCUT2D eigenvalue weighted by Gasteiger charge is -2.35. The number of nitrogens with zero attached hydrogens (tertiary/aromatic N) is 4. The molecule has 4 heterocycles. The van der Waals surface area contributed by atoms with Gasteiger partial charge >= 0.3 is 0 Å². The van der Waals surface area contributed by atoms with E-state index in [9.17, 15) is 4.79 Å². The Labute approximate surface area is 158 Å². The predicted octanol–water partition coefficient (Wildman–Crippen LogP) is 2.78. The van der Waals surface area contributed by atoms with Crippen molar-refractivity contribution in [3.8, 4) is 0 Å². The highest BCUT2D eigenvalue weighted by Gasteiger charge is 2.34. The van der Waals surface area contributed by atoms with Gasteiger partial charge in [-0.3, -0.25) is 9.78 Å². The molecule has 27 heavy (non-hydrogen) atoms. The number of hydrogen-bond donors (Lipinski definition) is 2. The fourth-order valence-electron chi connectivity index (χ4n) is 3.62. The van der Waals surface area contributed by atoms with Gasteiger partial charge in [-0.1, -0.05) is 11.3 Å². The summed E-state index contributed by atoms with van der Waals surface area (Å²) in [5.74, 6) is -0.0427. The van der Waals surface area contributed by atoms with Crippen LogP contribution in [-0.4, -0.2) is 37.3 Å². The third-order valence-corrected chi connectivity index (χ3v) is 5.72. The number of anilines is 1. The minimum atomic E-state index is -0.244. The minimum Gasteiger partial charge on any atom is -0.375 e. The molecule has 4 aromatic rings. The molecule has 3 aromatic heterocycles. The van der Waals surface area contributed by atoms with Gasteiger partial charge in [0.2, 0.25) is 0 Å². The Kier molecular flexibility index (Phi) is 3.64. The van der Waals surface area contributed by atoms with Gasteiger partial charge in [-0.05, 0) is 35.9 Å². The van der Waals surface area contributed by atoms with Gasteiger partial charge in [0, 0.05) is 36.6 Å². The smallest absolute Gasteiger partial charge is 0.254 e. The standard InChI is InChI=1S/C19H16N6OS/c20-19-24-14-9-12(1-2-15(14)27-19)18(26)25-8-5-13-16(23-10-22-13)17(25)11-3-6-21-7-4-11/h1-4,6-7,9-10,17H,5,8H2,(H2,20,24)(H,22,23). The van der Waals surface area contributed by atoms with Crippen LogP contribution >= 0.6 is 11.3 Å². The van der Waals surface area contributed by atoms with Crippen LogP contribution in [0.25, 0.3) is 10.2 Å². The Balaban J connectivity index is 1.58. The summed E-state index contributed by atoms with van der Waals surface area (Å²) < 4.78 is 0.975. The average Bonchev–Trinajstić information content (AvgIpc) is 3.31. The van der Waals surface area contributed by atoms with E-state index in [1.807, 2.05) is 35.2 Å². The van der Waals surface area contributed by atoms with Crippen LogP contribution in [-0.2, 0) is 6.42 Å². The summed E-state index contributed by atoms with van der Waals surface area (Å²) in [4.78, 5) is 31.4. The van der Waals surface area contributed by atoms with E-state index in [2.05, 4.69) is 19.9 Å². The highest BCUT2D eigenvalue weighted by molar-refractivity contribution is 7.22. The number of carbonyl (C=O) groups is 1. The fraction of sp³-hybridized carbons (Fsp3) is 0.158. The molecular formula is C19H16N6OS. The van der Waals surface area contributed by atoms with Crippen molar-refractivity contribution in [2.45, 2.75) is 12.5 Å². The molecule has 0 saturated carbocycles. The van der Waals surface area contributed by atoms with Gasteiger partial charge in [-0.2, -0.15) is 0 Å². The largest absolute Gasteiger partial charge is 0.375 e. The van der Waals surface area contributed by atoms with Crippen LogP contribution in [0, 0.1) is 0 Å². The Hall–Kier alpha value is -3.26. The fourth-order valence-corrected chi connectivity index (χ4v) is 4.34. The highest BCUT2D eigenvalue weighted by atomic mass is 32.1. The summed E-state index contributed by atoms with van der Waals surface area (Å²) in [5, 5.41) is 0.503. The first kappa shape index (κ1) is 16.0. The van der Waals surface area contributed by atoms with Crippen molar-refractivity contribution in [3.63, 3.8) is 0 Å². The summed E-state index contributed by atoms with van der Waals surface area (Å²) in [6.07, 6.45) is 5.91. The van der Waals surface area contributed by atoms with E-state index in [4.69, 9.17) is 5.73 Å². The molecule has 1 atom stereocenters. The number of rotatable bonds is 2. The van der Waals surface area contributed by atoms with Crippen LogP contribution in [0.4, 0.5) is 5.13 Å². The first-order valence-corrected chi connectivity index (χ1v) is 9.41. The number of amides is 1. The number of fused-ring (bicyclic) bond motifs is 2. The van der Waals surface area contributed by atoms with Gasteiger partial charge in [0.1, 0.15) is 6.04 Å². The van der Waals surface area contributed by atoms with Crippen LogP contribution in [0.3, 0.4) is 0 Å². The van der Waals surface area contributed by atoms with Crippen molar-refractivity contribution in [3.05, 3.63) is 71.6 Å². The SMILES string of the molecule is Nc1nc2cc(C(=O)N3CCc4[nH]cnc4C3c3ccncc3)ccc2s1. The molecule has 1 aliphatic rings. The molecule has 0 aliphatic carbocycles. The molecule has 1 aromatic carbocycles. The molecule has 3 N–H and O–H groups in total. The van der Waals surface area contributed by atoms with Crippen molar-refractivity contribution in [1.29, 1.82) is 0 Å². The highest BCUT2D eigenvalue weighted by Crippen LogP contribution is 2.34. The van der Waals surface area contributed by atoms with E-state index in [0.717, 1.165) is 33.6 Å². The minimum absolute atomic E-state index is 0.0427. The zero-order valence-electron chi connectivity index (χ0n) is 14.3. The Morgan fingerprint density at radius 2 is 2.11 bits per heavy atom.